The van der Waals surface area contributed by atoms with Crippen molar-refractivity contribution in [3.05, 3.63) is 82.4 Å². The molecule has 7 heteroatoms. The monoisotopic (exact) mass is 399 g/mol. The first-order valence-corrected chi connectivity index (χ1v) is 9.49. The average Bonchev–Trinajstić information content (AvgIpc) is 3.07. The van der Waals surface area contributed by atoms with E-state index in [-0.39, 0.29) is 5.56 Å². The maximum atomic E-state index is 13.6. The summed E-state index contributed by atoms with van der Waals surface area (Å²) >= 11 is 0. The van der Waals surface area contributed by atoms with Gasteiger partial charge >= 0.3 is 11.9 Å². The number of hydrogen-bond donors (Lipinski definition) is 1. The largest absolute Gasteiger partial charge is 0.478 e. The van der Waals surface area contributed by atoms with E-state index in [1.807, 2.05) is 37.3 Å². The average molecular weight is 399 g/mol. The van der Waals surface area contributed by atoms with E-state index in [1.54, 1.807) is 18.2 Å². The minimum absolute atomic E-state index is 0.288. The minimum atomic E-state index is -3.07. The predicted molar refractivity (Wildman–Crippen MR) is 105 cm³/mol. The van der Waals surface area contributed by atoms with Gasteiger partial charge in [-0.3, -0.25) is 0 Å². The van der Waals surface area contributed by atoms with Crippen LogP contribution in [0.2, 0.25) is 0 Å². The number of alkyl halides is 2. The van der Waals surface area contributed by atoms with Crippen LogP contribution in [0, 0.1) is 0 Å². The van der Waals surface area contributed by atoms with Crippen molar-refractivity contribution in [3.8, 4) is 0 Å². The van der Waals surface area contributed by atoms with Gasteiger partial charge in [0.05, 0.1) is 12.1 Å². The third kappa shape index (κ3) is 5.04. The maximum Gasteiger partial charge on any atom is 0.335 e. The number of benzene rings is 2. The Labute approximate surface area is 168 Å². The standard InChI is InChI=1S/C22H23F2N3O2/c1-3-6-19-25-21(22(2,23)24)26-27(19)14-16-11-9-15(10-12-16)13-17-7-4-5-8-18(17)20(28)29/h4-5,7-12H,3,6,13-14H2,1-2H3,(H,28,29). The maximum absolute atomic E-state index is 13.6. The van der Waals surface area contributed by atoms with Crippen LogP contribution in [0.5, 0.6) is 0 Å². The third-order valence-corrected chi connectivity index (χ3v) is 4.61. The highest BCUT2D eigenvalue weighted by Gasteiger charge is 2.31. The normalized spacial score (nSPS) is 11.6. The molecule has 0 radical (unpaired) electrons. The zero-order valence-electron chi connectivity index (χ0n) is 16.4. The first-order chi connectivity index (χ1) is 13.8. The number of aromatic carboxylic acids is 1. The van der Waals surface area contributed by atoms with Crippen molar-refractivity contribution in [2.75, 3.05) is 0 Å². The molecule has 0 spiro atoms. The number of halogens is 2. The summed E-state index contributed by atoms with van der Waals surface area (Å²) in [5.41, 5.74) is 2.91. The molecular formula is C22H23F2N3O2. The summed E-state index contributed by atoms with van der Waals surface area (Å²) in [6.07, 6.45) is 1.86. The van der Waals surface area contributed by atoms with Gasteiger partial charge in [-0.1, -0.05) is 49.4 Å². The first-order valence-electron chi connectivity index (χ1n) is 9.49. The summed E-state index contributed by atoms with van der Waals surface area (Å²) in [6, 6.07) is 14.6. The second-order valence-electron chi connectivity index (χ2n) is 7.10. The smallest absolute Gasteiger partial charge is 0.335 e. The molecule has 0 atom stereocenters. The van der Waals surface area contributed by atoms with E-state index >= 15 is 0 Å². The Morgan fingerprint density at radius 2 is 1.76 bits per heavy atom. The summed E-state index contributed by atoms with van der Waals surface area (Å²) in [5.74, 6) is -3.93. The molecule has 0 aliphatic carbocycles. The molecule has 0 amide bonds. The summed E-state index contributed by atoms with van der Waals surface area (Å²) in [4.78, 5) is 15.4. The molecule has 29 heavy (non-hydrogen) atoms. The van der Waals surface area contributed by atoms with Crippen LogP contribution in [0.1, 0.15) is 59.0 Å². The van der Waals surface area contributed by atoms with E-state index in [0.29, 0.717) is 25.2 Å². The van der Waals surface area contributed by atoms with Gasteiger partial charge in [-0.15, -0.1) is 5.10 Å². The summed E-state index contributed by atoms with van der Waals surface area (Å²) in [5, 5.41) is 13.3. The number of aromatic nitrogens is 3. The van der Waals surface area contributed by atoms with Crippen molar-refractivity contribution in [2.24, 2.45) is 0 Å². The minimum Gasteiger partial charge on any atom is -0.478 e. The Kier molecular flexibility index (Phi) is 6.06. The van der Waals surface area contributed by atoms with Gasteiger partial charge in [-0.25, -0.2) is 14.5 Å². The van der Waals surface area contributed by atoms with E-state index in [9.17, 15) is 18.7 Å². The number of nitrogens with zero attached hydrogens (tertiary/aromatic N) is 3. The first kappa shape index (κ1) is 20.6. The van der Waals surface area contributed by atoms with Gasteiger partial charge in [-0.2, -0.15) is 8.78 Å². The van der Waals surface area contributed by atoms with Crippen molar-refractivity contribution >= 4 is 5.97 Å². The highest BCUT2D eigenvalue weighted by atomic mass is 19.3. The molecule has 152 valence electrons. The van der Waals surface area contributed by atoms with Gasteiger partial charge in [0.25, 0.3) is 0 Å². The van der Waals surface area contributed by atoms with Gasteiger partial charge in [-0.05, 0) is 35.6 Å². The van der Waals surface area contributed by atoms with E-state index < -0.39 is 17.7 Å². The highest BCUT2D eigenvalue weighted by molar-refractivity contribution is 5.89. The summed E-state index contributed by atoms with van der Waals surface area (Å²) in [7, 11) is 0. The molecule has 0 aliphatic rings. The van der Waals surface area contributed by atoms with Crippen LogP contribution in [0.4, 0.5) is 8.78 Å². The van der Waals surface area contributed by atoms with Crippen molar-refractivity contribution in [3.63, 3.8) is 0 Å². The Morgan fingerprint density at radius 3 is 2.38 bits per heavy atom. The van der Waals surface area contributed by atoms with Crippen molar-refractivity contribution < 1.29 is 18.7 Å². The SMILES string of the molecule is CCCc1nc(C(C)(F)F)nn1Cc1ccc(Cc2ccccc2C(=O)O)cc1. The molecule has 0 unspecified atom stereocenters. The molecule has 0 bridgehead atoms. The quantitative estimate of drug-likeness (QED) is 0.597. The lowest BCUT2D eigenvalue weighted by Gasteiger charge is -2.09. The van der Waals surface area contributed by atoms with Crippen LogP contribution >= 0.6 is 0 Å². The molecular weight excluding hydrogens is 376 g/mol. The topological polar surface area (TPSA) is 68.0 Å². The summed E-state index contributed by atoms with van der Waals surface area (Å²) in [6.45, 7) is 3.11. The van der Waals surface area contributed by atoms with Crippen molar-refractivity contribution in [1.29, 1.82) is 0 Å². The molecule has 3 rings (SSSR count). The molecule has 0 fully saturated rings. The van der Waals surface area contributed by atoms with Gasteiger partial charge in [0, 0.05) is 13.3 Å². The van der Waals surface area contributed by atoms with Crippen LogP contribution in [-0.4, -0.2) is 25.8 Å². The predicted octanol–water partition coefficient (Wildman–Crippen LogP) is 4.68. The zero-order chi connectivity index (χ0) is 21.0. The van der Waals surface area contributed by atoms with Crippen molar-refractivity contribution in [1.82, 2.24) is 14.8 Å². The molecule has 1 aromatic heterocycles. The molecule has 0 aliphatic heterocycles. The van der Waals surface area contributed by atoms with E-state index in [0.717, 1.165) is 30.0 Å². The van der Waals surface area contributed by atoms with Crippen LogP contribution < -0.4 is 0 Å². The second kappa shape index (κ2) is 8.51. The number of carboxylic acid groups (broad SMARTS) is 1. The molecule has 1 heterocycles. The van der Waals surface area contributed by atoms with E-state index in [1.165, 1.54) is 4.68 Å². The number of hydrogen-bond acceptors (Lipinski definition) is 3. The molecule has 0 saturated heterocycles. The molecule has 1 N–H and O–H groups in total. The number of rotatable bonds is 8. The van der Waals surface area contributed by atoms with Gasteiger partial charge in [0.1, 0.15) is 5.82 Å². The fourth-order valence-corrected chi connectivity index (χ4v) is 3.13. The van der Waals surface area contributed by atoms with Crippen LogP contribution in [0.3, 0.4) is 0 Å². The lowest BCUT2D eigenvalue weighted by atomic mass is 9.99. The fourth-order valence-electron chi connectivity index (χ4n) is 3.13. The zero-order valence-corrected chi connectivity index (χ0v) is 16.4. The van der Waals surface area contributed by atoms with Gasteiger partial charge in [0.2, 0.25) is 5.82 Å². The Morgan fingerprint density at radius 1 is 1.10 bits per heavy atom. The van der Waals surface area contributed by atoms with Crippen LogP contribution in [0.15, 0.2) is 48.5 Å². The van der Waals surface area contributed by atoms with Gasteiger partial charge < -0.3 is 5.11 Å². The molecule has 3 aromatic rings. The lowest BCUT2D eigenvalue weighted by Crippen LogP contribution is -2.11. The summed E-state index contributed by atoms with van der Waals surface area (Å²) < 4.78 is 28.7. The Bertz CT molecular complexity index is 992. The highest BCUT2D eigenvalue weighted by Crippen LogP contribution is 2.24. The second-order valence-corrected chi connectivity index (χ2v) is 7.10. The van der Waals surface area contributed by atoms with E-state index in [4.69, 9.17) is 0 Å². The lowest BCUT2D eigenvalue weighted by molar-refractivity contribution is 0.00755. The molecule has 5 nitrogen and oxygen atoms in total. The number of carbonyl (C=O) groups is 1. The molecule has 0 saturated carbocycles. The third-order valence-electron chi connectivity index (χ3n) is 4.61. The van der Waals surface area contributed by atoms with E-state index in [2.05, 4.69) is 10.1 Å². The Hall–Kier alpha value is -3.09. The van der Waals surface area contributed by atoms with Crippen LogP contribution in [0.25, 0.3) is 0 Å². The number of aryl methyl sites for hydroxylation is 1. The van der Waals surface area contributed by atoms with Crippen LogP contribution in [-0.2, 0) is 25.3 Å². The van der Waals surface area contributed by atoms with Gasteiger partial charge in [0.15, 0.2) is 0 Å². The number of carboxylic acids is 1. The fraction of sp³-hybridized carbons (Fsp3) is 0.318. The molecule has 2 aromatic carbocycles. The Balaban J connectivity index is 1.78. The van der Waals surface area contributed by atoms with Crippen molar-refractivity contribution in [2.45, 2.75) is 45.6 Å².